The predicted molar refractivity (Wildman–Crippen MR) is 250 cm³/mol. The van der Waals surface area contributed by atoms with Gasteiger partial charge < -0.3 is 0 Å². The molecular formula is C54H32N2S2. The van der Waals surface area contributed by atoms with Crippen LogP contribution in [0.2, 0.25) is 0 Å². The van der Waals surface area contributed by atoms with Crippen LogP contribution in [0.3, 0.4) is 0 Å². The molecule has 0 unspecified atom stereocenters. The van der Waals surface area contributed by atoms with E-state index >= 15 is 0 Å². The molecule has 270 valence electrons. The first kappa shape index (κ1) is 33.2. The van der Waals surface area contributed by atoms with Crippen LogP contribution in [0.15, 0.2) is 194 Å². The van der Waals surface area contributed by atoms with Crippen LogP contribution in [0, 0.1) is 0 Å². The van der Waals surface area contributed by atoms with Gasteiger partial charge in [0.05, 0.1) is 15.9 Å². The molecule has 0 aliphatic heterocycles. The lowest BCUT2D eigenvalue weighted by Gasteiger charge is -2.15. The van der Waals surface area contributed by atoms with Crippen molar-refractivity contribution in [3.8, 4) is 56.0 Å². The highest BCUT2D eigenvalue weighted by Crippen LogP contribution is 2.43. The lowest BCUT2D eigenvalue weighted by atomic mass is 9.90. The summed E-state index contributed by atoms with van der Waals surface area (Å²) in [6.07, 6.45) is 0. The van der Waals surface area contributed by atoms with Crippen molar-refractivity contribution in [3.63, 3.8) is 0 Å². The number of benzene rings is 9. The molecule has 0 aliphatic rings. The summed E-state index contributed by atoms with van der Waals surface area (Å²) in [6.45, 7) is 0. The molecule has 12 rings (SSSR count). The van der Waals surface area contributed by atoms with Gasteiger partial charge in [0, 0.05) is 41.4 Å². The smallest absolute Gasteiger partial charge is 0.160 e. The molecule has 0 N–H and O–H groups in total. The Morgan fingerprint density at radius 3 is 1.74 bits per heavy atom. The van der Waals surface area contributed by atoms with Crippen LogP contribution in [0.4, 0.5) is 0 Å². The van der Waals surface area contributed by atoms with Crippen LogP contribution in [-0.2, 0) is 0 Å². The largest absolute Gasteiger partial charge is 0.226 e. The Kier molecular flexibility index (Phi) is 7.62. The first-order valence-corrected chi connectivity index (χ1v) is 21.2. The Balaban J connectivity index is 1.09. The Bertz CT molecular complexity index is 3560. The van der Waals surface area contributed by atoms with Crippen molar-refractivity contribution in [1.29, 1.82) is 0 Å². The molecule has 0 saturated carbocycles. The lowest BCUT2D eigenvalue weighted by molar-refractivity contribution is 1.24. The van der Waals surface area contributed by atoms with Crippen molar-refractivity contribution in [2.75, 3.05) is 0 Å². The molecule has 9 aromatic carbocycles. The first-order chi connectivity index (χ1) is 28.7. The number of fused-ring (bicyclic) bond motifs is 9. The van der Waals surface area contributed by atoms with Gasteiger partial charge in [-0.1, -0.05) is 158 Å². The summed E-state index contributed by atoms with van der Waals surface area (Å²) in [7, 11) is 0. The third kappa shape index (κ3) is 5.37. The highest BCUT2D eigenvalue weighted by atomic mass is 32.1. The zero-order valence-electron chi connectivity index (χ0n) is 31.2. The molecule has 0 spiro atoms. The molecular weight excluding hydrogens is 741 g/mol. The summed E-state index contributed by atoms with van der Waals surface area (Å²) in [5.41, 5.74) is 11.1. The van der Waals surface area contributed by atoms with E-state index in [0.29, 0.717) is 0 Å². The van der Waals surface area contributed by atoms with Gasteiger partial charge in [0.15, 0.2) is 5.82 Å². The molecule has 58 heavy (non-hydrogen) atoms. The Labute approximate surface area is 343 Å². The average Bonchev–Trinajstić information content (AvgIpc) is 3.87. The summed E-state index contributed by atoms with van der Waals surface area (Å²) < 4.78 is 4.96. The summed E-state index contributed by atoms with van der Waals surface area (Å²) in [4.78, 5) is 10.8. The third-order valence-electron chi connectivity index (χ3n) is 11.5. The van der Waals surface area contributed by atoms with E-state index in [1.807, 2.05) is 11.3 Å². The predicted octanol–water partition coefficient (Wildman–Crippen LogP) is 15.9. The maximum atomic E-state index is 5.42. The van der Waals surface area contributed by atoms with E-state index in [9.17, 15) is 0 Å². The van der Waals surface area contributed by atoms with E-state index < -0.39 is 0 Å². The first-order valence-electron chi connectivity index (χ1n) is 19.6. The number of thiophene rings is 2. The minimum absolute atomic E-state index is 0.719. The molecule has 4 heteroatoms. The average molecular weight is 773 g/mol. The molecule has 0 bridgehead atoms. The van der Waals surface area contributed by atoms with Crippen LogP contribution < -0.4 is 0 Å². The highest BCUT2D eigenvalue weighted by Gasteiger charge is 2.19. The topological polar surface area (TPSA) is 25.8 Å². The van der Waals surface area contributed by atoms with E-state index in [4.69, 9.17) is 9.97 Å². The van der Waals surface area contributed by atoms with Gasteiger partial charge in [-0.05, 0) is 91.3 Å². The van der Waals surface area contributed by atoms with E-state index in [0.717, 1.165) is 54.9 Å². The molecule has 0 saturated heterocycles. The van der Waals surface area contributed by atoms with Gasteiger partial charge in [-0.2, -0.15) is 0 Å². The Morgan fingerprint density at radius 2 is 0.914 bits per heavy atom. The van der Waals surface area contributed by atoms with E-state index in [1.54, 1.807) is 11.3 Å². The molecule has 0 radical (unpaired) electrons. The molecule has 0 aliphatic carbocycles. The van der Waals surface area contributed by atoms with Gasteiger partial charge in [-0.25, -0.2) is 9.97 Å². The summed E-state index contributed by atoms with van der Waals surface area (Å²) >= 11 is 3.64. The van der Waals surface area contributed by atoms with Gasteiger partial charge in [-0.3, -0.25) is 0 Å². The fraction of sp³-hybridized carbons (Fsp3) is 0. The van der Waals surface area contributed by atoms with Crippen molar-refractivity contribution < 1.29 is 0 Å². The summed E-state index contributed by atoms with van der Waals surface area (Å²) in [5.74, 6) is 0.719. The molecule has 12 aromatic rings. The van der Waals surface area contributed by atoms with Gasteiger partial charge in [0.25, 0.3) is 0 Å². The van der Waals surface area contributed by atoms with Gasteiger partial charge >= 0.3 is 0 Å². The quantitative estimate of drug-likeness (QED) is 0.163. The molecule has 0 fully saturated rings. The fourth-order valence-electron chi connectivity index (χ4n) is 8.70. The van der Waals surface area contributed by atoms with Gasteiger partial charge in [0.1, 0.15) is 0 Å². The Hall–Kier alpha value is -6.98. The van der Waals surface area contributed by atoms with Crippen LogP contribution in [0.5, 0.6) is 0 Å². The standard InChI is InChI=1S/C54H32N2S2/c1-2-13-35(14-3-1)50-53-51(46-20-9-11-24-49(46)58-53)56-54(55-50)39-30-37(29-38(31-39)47-32-36-15-4-5-16-40(36)42-17-6-7-18-43(42)47)33-25-27-34(28-26-33)41-21-12-22-45-44-19-8-10-23-48(44)57-52(41)45/h1-32H. The Morgan fingerprint density at radius 1 is 0.310 bits per heavy atom. The van der Waals surface area contributed by atoms with E-state index in [2.05, 4.69) is 194 Å². The number of rotatable bonds is 5. The minimum atomic E-state index is 0.719. The number of aromatic nitrogens is 2. The monoisotopic (exact) mass is 772 g/mol. The second-order valence-electron chi connectivity index (χ2n) is 14.9. The number of nitrogens with zero attached hydrogens (tertiary/aromatic N) is 2. The van der Waals surface area contributed by atoms with Crippen LogP contribution in [-0.4, -0.2) is 9.97 Å². The normalized spacial score (nSPS) is 11.8. The summed E-state index contributed by atoms with van der Waals surface area (Å²) in [6, 6.07) is 70.4. The molecule has 0 amide bonds. The van der Waals surface area contributed by atoms with E-state index in [-0.39, 0.29) is 0 Å². The van der Waals surface area contributed by atoms with Crippen molar-refractivity contribution in [2.24, 2.45) is 0 Å². The maximum absolute atomic E-state index is 5.42. The number of hydrogen-bond acceptors (Lipinski definition) is 4. The second-order valence-corrected chi connectivity index (χ2v) is 17.0. The second kappa shape index (κ2) is 13.3. The van der Waals surface area contributed by atoms with Crippen LogP contribution in [0.1, 0.15) is 0 Å². The zero-order chi connectivity index (χ0) is 38.2. The van der Waals surface area contributed by atoms with Gasteiger partial charge in [-0.15, -0.1) is 22.7 Å². The molecule has 3 heterocycles. The minimum Gasteiger partial charge on any atom is -0.226 e. The summed E-state index contributed by atoms with van der Waals surface area (Å²) in [5, 5.41) is 8.73. The molecule has 3 aromatic heterocycles. The molecule has 0 atom stereocenters. The number of hydrogen-bond donors (Lipinski definition) is 0. The maximum Gasteiger partial charge on any atom is 0.160 e. The van der Waals surface area contributed by atoms with Crippen LogP contribution >= 0.6 is 22.7 Å². The van der Waals surface area contributed by atoms with Crippen LogP contribution in [0.25, 0.3) is 118 Å². The van der Waals surface area contributed by atoms with Crippen molar-refractivity contribution >= 4 is 84.7 Å². The SMILES string of the molecule is c1ccc(-c2nc(-c3cc(-c4ccc(-c5cccc6c5sc5ccccc56)cc4)cc(-c4cc5ccccc5c5ccccc45)c3)nc3c2sc2ccccc23)cc1. The van der Waals surface area contributed by atoms with Crippen molar-refractivity contribution in [3.05, 3.63) is 194 Å². The zero-order valence-corrected chi connectivity index (χ0v) is 32.8. The van der Waals surface area contributed by atoms with Crippen molar-refractivity contribution in [1.82, 2.24) is 9.97 Å². The lowest BCUT2D eigenvalue weighted by Crippen LogP contribution is -1.95. The van der Waals surface area contributed by atoms with E-state index in [1.165, 1.54) is 63.1 Å². The molecule has 2 nitrogen and oxygen atoms in total. The van der Waals surface area contributed by atoms with Crippen molar-refractivity contribution in [2.45, 2.75) is 0 Å². The highest BCUT2D eigenvalue weighted by molar-refractivity contribution is 7.26. The third-order valence-corrected chi connectivity index (χ3v) is 13.9. The fourth-order valence-corrected chi connectivity index (χ4v) is 11.1. The van der Waals surface area contributed by atoms with Gasteiger partial charge in [0.2, 0.25) is 0 Å².